The number of nitrogens with one attached hydrogen (secondary N) is 5. The number of nitrogens with zero attached hydrogens (tertiary/aromatic N) is 2. The van der Waals surface area contributed by atoms with Crippen LogP contribution < -0.4 is 16.0 Å². The van der Waals surface area contributed by atoms with Crippen LogP contribution in [-0.4, -0.2) is 38.8 Å². The number of aromatic nitrogens is 4. The van der Waals surface area contributed by atoms with Crippen molar-refractivity contribution in [3.8, 4) is 11.3 Å². The van der Waals surface area contributed by atoms with Crippen molar-refractivity contribution >= 4 is 17.2 Å². The molecule has 0 bridgehead atoms. The summed E-state index contributed by atoms with van der Waals surface area (Å²) in [7, 11) is 0. The van der Waals surface area contributed by atoms with Crippen LogP contribution in [0.25, 0.3) is 11.3 Å². The van der Waals surface area contributed by atoms with E-state index < -0.39 is 0 Å². The Labute approximate surface area is 206 Å². The van der Waals surface area contributed by atoms with Gasteiger partial charge in [0.15, 0.2) is 0 Å². The van der Waals surface area contributed by atoms with Crippen LogP contribution in [-0.2, 0) is 13.1 Å². The van der Waals surface area contributed by atoms with E-state index in [4.69, 9.17) is 0 Å². The van der Waals surface area contributed by atoms with Gasteiger partial charge in [-0.1, -0.05) is 38.1 Å². The third kappa shape index (κ3) is 6.44. The Hall–Kier alpha value is -3.75. The number of hydrogen-bond donors (Lipinski definition) is 5. The van der Waals surface area contributed by atoms with Crippen LogP contribution >= 0.6 is 0 Å². The van der Waals surface area contributed by atoms with E-state index >= 15 is 0 Å². The van der Waals surface area contributed by atoms with Gasteiger partial charge in [0.25, 0.3) is 0 Å². The van der Waals surface area contributed by atoms with Crippen molar-refractivity contribution in [2.24, 2.45) is 0 Å². The number of benzene rings is 2. The van der Waals surface area contributed by atoms with Crippen molar-refractivity contribution < 1.29 is 4.79 Å². The largest absolute Gasteiger partial charge is 0.355 e. The molecule has 2 aromatic carbocycles. The zero-order valence-corrected chi connectivity index (χ0v) is 20.3. The van der Waals surface area contributed by atoms with Gasteiger partial charge in [-0.15, -0.1) is 0 Å². The second-order valence-electron chi connectivity index (χ2n) is 8.42. The SMILES string of the molecule is CCCNCc1ncc(C(=O)c2ccccc2Nc2ccc(-c3cnc(CNCCC)[nH]3)cc2)[nH]1. The first-order chi connectivity index (χ1) is 17.2. The summed E-state index contributed by atoms with van der Waals surface area (Å²) in [5.74, 6) is 1.58. The third-order valence-electron chi connectivity index (χ3n) is 5.59. The molecule has 0 radical (unpaired) electrons. The molecule has 2 heterocycles. The van der Waals surface area contributed by atoms with E-state index in [1.54, 1.807) is 6.20 Å². The van der Waals surface area contributed by atoms with Crippen LogP contribution in [0.15, 0.2) is 60.9 Å². The molecule has 0 aliphatic carbocycles. The lowest BCUT2D eigenvalue weighted by Gasteiger charge is -2.11. The fourth-order valence-electron chi connectivity index (χ4n) is 3.76. The molecule has 0 aliphatic rings. The molecule has 0 aliphatic heterocycles. The Morgan fingerprint density at radius 3 is 2.20 bits per heavy atom. The molecule has 2 aromatic heterocycles. The Balaban J connectivity index is 1.43. The molecule has 5 N–H and O–H groups in total. The number of rotatable bonds is 13. The molecule has 182 valence electrons. The zero-order chi connectivity index (χ0) is 24.5. The van der Waals surface area contributed by atoms with Gasteiger partial charge in [0.05, 0.1) is 31.2 Å². The molecule has 0 saturated carbocycles. The fourth-order valence-corrected chi connectivity index (χ4v) is 3.76. The van der Waals surface area contributed by atoms with Crippen molar-refractivity contribution in [2.45, 2.75) is 39.8 Å². The van der Waals surface area contributed by atoms with Crippen LogP contribution in [0.3, 0.4) is 0 Å². The normalized spacial score (nSPS) is 11.0. The summed E-state index contributed by atoms with van der Waals surface area (Å²) in [6, 6.07) is 15.6. The number of anilines is 2. The molecule has 8 heteroatoms. The predicted molar refractivity (Wildman–Crippen MR) is 140 cm³/mol. The zero-order valence-electron chi connectivity index (χ0n) is 20.3. The van der Waals surface area contributed by atoms with Crippen molar-refractivity contribution in [2.75, 3.05) is 18.4 Å². The van der Waals surface area contributed by atoms with Crippen LogP contribution in [0.5, 0.6) is 0 Å². The van der Waals surface area contributed by atoms with E-state index in [-0.39, 0.29) is 5.78 Å². The summed E-state index contributed by atoms with van der Waals surface area (Å²) < 4.78 is 0. The second-order valence-corrected chi connectivity index (χ2v) is 8.42. The Bertz CT molecular complexity index is 1230. The summed E-state index contributed by atoms with van der Waals surface area (Å²) >= 11 is 0. The molecular formula is C27H33N7O. The molecule has 35 heavy (non-hydrogen) atoms. The second kappa shape index (κ2) is 12.1. The number of imidazole rings is 2. The summed E-state index contributed by atoms with van der Waals surface area (Å²) in [6.45, 7) is 7.48. The van der Waals surface area contributed by atoms with E-state index in [0.29, 0.717) is 17.8 Å². The van der Waals surface area contributed by atoms with Gasteiger partial charge < -0.3 is 25.9 Å². The number of ketones is 1. The quantitative estimate of drug-likeness (QED) is 0.142. The molecule has 0 unspecified atom stereocenters. The van der Waals surface area contributed by atoms with Crippen LogP contribution in [0, 0.1) is 0 Å². The summed E-state index contributed by atoms with van der Waals surface area (Å²) in [5.41, 5.74) is 4.74. The molecule has 0 amide bonds. The highest BCUT2D eigenvalue weighted by Gasteiger charge is 2.16. The minimum absolute atomic E-state index is 0.0966. The highest BCUT2D eigenvalue weighted by Crippen LogP contribution is 2.25. The molecule has 0 atom stereocenters. The summed E-state index contributed by atoms with van der Waals surface area (Å²) in [4.78, 5) is 28.5. The number of aromatic amines is 2. The van der Waals surface area contributed by atoms with Crippen molar-refractivity contribution in [3.05, 3.63) is 83.8 Å². The minimum Gasteiger partial charge on any atom is -0.355 e. The first-order valence-electron chi connectivity index (χ1n) is 12.2. The van der Waals surface area contributed by atoms with E-state index in [1.807, 2.05) is 54.7 Å². The van der Waals surface area contributed by atoms with Gasteiger partial charge in [0, 0.05) is 16.9 Å². The maximum absolute atomic E-state index is 13.2. The first-order valence-corrected chi connectivity index (χ1v) is 12.2. The standard InChI is InChI=1S/C27H33N7O/c1-3-13-28-17-25-30-15-23(33-25)19-9-11-20(12-10-19)32-22-8-6-5-7-21(22)27(35)24-16-31-26(34-24)18-29-14-4-2/h5-12,15-16,28-29,32H,3-4,13-14,17-18H2,1-2H3,(H,30,33)(H,31,34). The van der Waals surface area contributed by atoms with Gasteiger partial charge in [-0.05, 0) is 55.8 Å². The van der Waals surface area contributed by atoms with Gasteiger partial charge in [-0.3, -0.25) is 4.79 Å². The number of H-pyrrole nitrogens is 2. The Morgan fingerprint density at radius 2 is 1.49 bits per heavy atom. The number of hydrogen-bond acceptors (Lipinski definition) is 6. The monoisotopic (exact) mass is 471 g/mol. The molecule has 4 aromatic rings. The van der Waals surface area contributed by atoms with Crippen molar-refractivity contribution in [3.63, 3.8) is 0 Å². The fraction of sp³-hybridized carbons (Fsp3) is 0.296. The highest BCUT2D eigenvalue weighted by atomic mass is 16.1. The maximum atomic E-state index is 13.2. The topological polar surface area (TPSA) is 111 Å². The van der Waals surface area contributed by atoms with Crippen LogP contribution in [0.4, 0.5) is 11.4 Å². The average molecular weight is 472 g/mol. The van der Waals surface area contributed by atoms with Crippen LogP contribution in [0.2, 0.25) is 0 Å². The molecule has 0 spiro atoms. The third-order valence-corrected chi connectivity index (χ3v) is 5.59. The Morgan fingerprint density at radius 1 is 0.829 bits per heavy atom. The van der Waals surface area contributed by atoms with Gasteiger partial charge in [0.2, 0.25) is 5.78 Å². The molecule has 0 fully saturated rings. The predicted octanol–water partition coefficient (Wildman–Crippen LogP) is 4.77. The van der Waals surface area contributed by atoms with Crippen molar-refractivity contribution in [1.29, 1.82) is 0 Å². The van der Waals surface area contributed by atoms with Crippen LogP contribution in [0.1, 0.15) is 54.4 Å². The maximum Gasteiger partial charge on any atom is 0.212 e. The van der Waals surface area contributed by atoms with E-state index in [0.717, 1.165) is 66.8 Å². The Kier molecular flexibility index (Phi) is 8.43. The minimum atomic E-state index is -0.0966. The van der Waals surface area contributed by atoms with Gasteiger partial charge in [0.1, 0.15) is 17.3 Å². The average Bonchev–Trinajstić information content (AvgIpc) is 3.55. The molecule has 4 rings (SSSR count). The molecule has 8 nitrogen and oxygen atoms in total. The smallest absolute Gasteiger partial charge is 0.212 e. The molecular weight excluding hydrogens is 438 g/mol. The van der Waals surface area contributed by atoms with Gasteiger partial charge >= 0.3 is 0 Å². The van der Waals surface area contributed by atoms with Crippen molar-refractivity contribution in [1.82, 2.24) is 30.6 Å². The number of carbonyl (C=O) groups excluding carboxylic acids is 1. The summed E-state index contributed by atoms with van der Waals surface area (Å²) in [5, 5.41) is 10.0. The number of para-hydroxylation sites is 1. The highest BCUT2D eigenvalue weighted by molar-refractivity contribution is 6.11. The number of carbonyl (C=O) groups is 1. The first kappa shape index (κ1) is 24.4. The summed E-state index contributed by atoms with van der Waals surface area (Å²) in [6.07, 6.45) is 5.60. The molecule has 0 saturated heterocycles. The lowest BCUT2D eigenvalue weighted by atomic mass is 10.1. The van der Waals surface area contributed by atoms with E-state index in [1.165, 1.54) is 0 Å². The van der Waals surface area contributed by atoms with E-state index in [2.05, 4.69) is 49.7 Å². The lowest BCUT2D eigenvalue weighted by molar-refractivity contribution is 0.103. The van der Waals surface area contributed by atoms with Gasteiger partial charge in [-0.25, -0.2) is 9.97 Å². The van der Waals surface area contributed by atoms with Gasteiger partial charge in [-0.2, -0.15) is 0 Å². The van der Waals surface area contributed by atoms with E-state index in [9.17, 15) is 4.79 Å². The lowest BCUT2D eigenvalue weighted by Crippen LogP contribution is -2.15.